The first-order valence-corrected chi connectivity index (χ1v) is 28.7. The lowest BCUT2D eigenvalue weighted by Crippen LogP contribution is -2.42. The number of thiocarbonyl (C=S) groups is 6. The maximum Gasteiger partial charge on any atom is 0.307 e. The van der Waals surface area contributed by atoms with Crippen molar-refractivity contribution in [3.63, 3.8) is 0 Å². The first-order chi connectivity index (χ1) is 32.1. The highest BCUT2D eigenvalue weighted by molar-refractivity contribution is 8.22. The molecule has 0 saturated heterocycles. The van der Waals surface area contributed by atoms with Crippen molar-refractivity contribution in [3.05, 3.63) is 0 Å². The highest BCUT2D eigenvalue weighted by atomic mass is 32.2. The SMILES string of the molecule is COCC(COCCOC(=O)CCN(CCCC(=S)CS)C(=S)CS)(COCCOC(=O)CCN(CCNC(=S)SC)C(=S)CS)COCCOC(=O)CCN(CCNC(=S)SC)C(=S)CS. The number of methoxy groups -OCH3 is 1. The molecule has 0 aliphatic heterocycles. The lowest BCUT2D eigenvalue weighted by Gasteiger charge is -2.32. The summed E-state index contributed by atoms with van der Waals surface area (Å²) in [4.78, 5) is 46.5. The quantitative estimate of drug-likeness (QED) is 0.0165. The molecule has 0 unspecified atom stereocenters. The van der Waals surface area contributed by atoms with Crippen LogP contribution < -0.4 is 10.6 Å². The van der Waals surface area contributed by atoms with Crippen LogP contribution in [0.15, 0.2) is 0 Å². The highest BCUT2D eigenvalue weighted by Crippen LogP contribution is 2.21. The molecule has 0 saturated carbocycles. The molecule has 0 amide bonds. The molecule has 2 N–H and O–H groups in total. The number of nitrogens with zero attached hydrogens (tertiary/aromatic N) is 3. The van der Waals surface area contributed by atoms with Crippen molar-refractivity contribution >= 4 is 194 Å². The maximum atomic E-state index is 12.7. The minimum Gasteiger partial charge on any atom is -0.463 e. The van der Waals surface area contributed by atoms with Crippen LogP contribution in [0.1, 0.15) is 32.1 Å². The summed E-state index contributed by atoms with van der Waals surface area (Å²) in [5.74, 6) is 0.477. The van der Waals surface area contributed by atoms with E-state index in [9.17, 15) is 14.4 Å². The lowest BCUT2D eigenvalue weighted by atomic mass is 9.92. The first kappa shape index (κ1) is 66.9. The summed E-state index contributed by atoms with van der Waals surface area (Å²) in [5.41, 5.74) is -0.837. The second-order valence-corrected chi connectivity index (χ2v) is 20.5. The van der Waals surface area contributed by atoms with Gasteiger partial charge in [-0.3, -0.25) is 14.4 Å². The van der Waals surface area contributed by atoms with Crippen molar-refractivity contribution in [1.29, 1.82) is 0 Å². The fourth-order valence-corrected chi connectivity index (χ4v) is 7.77. The van der Waals surface area contributed by atoms with Crippen LogP contribution in [-0.4, -0.2) is 222 Å². The maximum absolute atomic E-state index is 12.7. The molecule has 0 aromatic heterocycles. The van der Waals surface area contributed by atoms with Gasteiger partial charge >= 0.3 is 17.9 Å². The molecule has 0 atom stereocenters. The molecule has 15 nitrogen and oxygen atoms in total. The summed E-state index contributed by atoms with van der Waals surface area (Å²) < 4.78 is 41.3. The molecule has 0 aliphatic rings. The Hall–Kier alpha value is -0.110. The van der Waals surface area contributed by atoms with Gasteiger partial charge in [0, 0.05) is 87.3 Å². The van der Waals surface area contributed by atoms with Crippen LogP contribution in [0.25, 0.3) is 0 Å². The number of ether oxygens (including phenoxy) is 7. The van der Waals surface area contributed by atoms with Crippen molar-refractivity contribution < 1.29 is 47.5 Å². The predicted molar refractivity (Wildman–Crippen MR) is 311 cm³/mol. The summed E-state index contributed by atoms with van der Waals surface area (Å²) in [6.07, 6.45) is 5.69. The van der Waals surface area contributed by atoms with Gasteiger partial charge in [0.05, 0.1) is 85.9 Å². The van der Waals surface area contributed by atoms with E-state index in [-0.39, 0.29) is 85.3 Å². The topological polar surface area (TPSA) is 150 Å². The van der Waals surface area contributed by atoms with Gasteiger partial charge < -0.3 is 58.5 Å². The molecule has 0 fully saturated rings. The third-order valence-corrected chi connectivity index (χ3v) is 15.1. The highest BCUT2D eigenvalue weighted by Gasteiger charge is 2.32. The van der Waals surface area contributed by atoms with Crippen LogP contribution in [0.4, 0.5) is 0 Å². The summed E-state index contributed by atoms with van der Waals surface area (Å²) in [5, 5.41) is 6.27. The van der Waals surface area contributed by atoms with E-state index in [0.29, 0.717) is 99.0 Å². The Bertz CT molecular complexity index is 1350. The average molecular weight is 1160 g/mol. The van der Waals surface area contributed by atoms with Gasteiger partial charge in [-0.2, -0.15) is 50.5 Å². The third kappa shape index (κ3) is 34.8. The Labute approximate surface area is 461 Å². The number of rotatable bonds is 40. The predicted octanol–water partition coefficient (Wildman–Crippen LogP) is 4.70. The third-order valence-electron chi connectivity index (χ3n) is 9.10. The van der Waals surface area contributed by atoms with Gasteiger partial charge in [-0.25, -0.2) is 0 Å². The molecule has 0 radical (unpaired) electrons. The number of esters is 3. The van der Waals surface area contributed by atoms with Gasteiger partial charge in [-0.15, -0.1) is 23.5 Å². The molecule has 0 aliphatic carbocycles. The largest absolute Gasteiger partial charge is 0.463 e. The smallest absolute Gasteiger partial charge is 0.307 e. The normalized spacial score (nSPS) is 11.0. The Morgan fingerprint density at radius 3 is 1.18 bits per heavy atom. The van der Waals surface area contributed by atoms with E-state index in [4.69, 9.17) is 106 Å². The molecular weight excluding hydrogens is 1100 g/mol. The molecule has 386 valence electrons. The summed E-state index contributed by atoms with van der Waals surface area (Å²) in [7, 11) is 1.54. The van der Waals surface area contributed by atoms with Gasteiger partial charge in [0.1, 0.15) is 28.5 Å². The average Bonchev–Trinajstić information content (AvgIpc) is 3.33. The summed E-state index contributed by atoms with van der Waals surface area (Å²) >= 11 is 52.0. The second kappa shape index (κ2) is 43.5. The van der Waals surface area contributed by atoms with Crippen LogP contribution in [0.2, 0.25) is 0 Å². The number of hydrogen-bond donors (Lipinski definition) is 6. The Morgan fingerprint density at radius 1 is 0.507 bits per heavy atom. The minimum atomic E-state index is -0.837. The molecule has 0 aromatic rings. The Morgan fingerprint density at radius 2 is 0.866 bits per heavy atom. The van der Waals surface area contributed by atoms with Crippen molar-refractivity contribution in [1.82, 2.24) is 25.3 Å². The molecule has 0 aromatic carbocycles. The van der Waals surface area contributed by atoms with Gasteiger partial charge in [0.15, 0.2) is 0 Å². The van der Waals surface area contributed by atoms with E-state index in [1.54, 1.807) is 7.11 Å². The van der Waals surface area contributed by atoms with Gasteiger partial charge in [-0.05, 0) is 25.4 Å². The van der Waals surface area contributed by atoms with E-state index in [0.717, 1.165) is 17.7 Å². The standard InChI is InChI=1S/C40H69N5O10S12/c1-49-27-40(28-50-17-20-53-35(46)6-12-43(32(61)24-57)11-4-5-31(60)23-56,29-51-18-21-54-36(47)7-13-44(33(62)25-58)15-9-41-38(64)66-2)30-52-19-22-55-37(48)8-14-45(34(63)26-59)16-10-42-39(65)67-3/h56-59H,4-30H2,1-3H3,(H,41,64)(H,42,65). The van der Waals surface area contributed by atoms with Gasteiger partial charge in [0.2, 0.25) is 0 Å². The fraction of sp³-hybridized carbons (Fsp3) is 0.775. The van der Waals surface area contributed by atoms with Crippen LogP contribution >= 0.6 is 147 Å². The van der Waals surface area contributed by atoms with Crippen LogP contribution in [-0.2, 0) is 47.5 Å². The summed E-state index contributed by atoms with van der Waals surface area (Å²) in [6.45, 7) is 4.80. The van der Waals surface area contributed by atoms with E-state index in [2.05, 4.69) is 61.1 Å². The number of carbonyl (C=O) groups is 3. The molecule has 0 heterocycles. The molecule has 0 spiro atoms. The number of carbonyl (C=O) groups excluding carboxylic acids is 3. The lowest BCUT2D eigenvalue weighted by molar-refractivity contribution is -0.149. The van der Waals surface area contributed by atoms with Crippen molar-refractivity contribution in [2.75, 3.05) is 161 Å². The van der Waals surface area contributed by atoms with Crippen LogP contribution in [0.3, 0.4) is 0 Å². The van der Waals surface area contributed by atoms with Crippen molar-refractivity contribution in [2.45, 2.75) is 32.1 Å². The zero-order valence-electron chi connectivity index (χ0n) is 38.6. The van der Waals surface area contributed by atoms with Crippen molar-refractivity contribution in [2.24, 2.45) is 5.41 Å². The van der Waals surface area contributed by atoms with Crippen LogP contribution in [0, 0.1) is 5.41 Å². The van der Waals surface area contributed by atoms with E-state index >= 15 is 0 Å². The zero-order valence-corrected chi connectivity index (χ0v) is 48.7. The van der Waals surface area contributed by atoms with Crippen molar-refractivity contribution in [3.8, 4) is 0 Å². The van der Waals surface area contributed by atoms with Crippen LogP contribution in [0.5, 0.6) is 0 Å². The van der Waals surface area contributed by atoms with Gasteiger partial charge in [0.25, 0.3) is 0 Å². The second-order valence-electron chi connectivity index (χ2n) is 14.3. The molecule has 0 bridgehead atoms. The number of thiol groups is 4. The Balaban J connectivity index is 5.37. The number of thioether (sulfide) groups is 2. The number of nitrogens with one attached hydrogen (secondary N) is 2. The van der Waals surface area contributed by atoms with E-state index in [1.807, 2.05) is 27.2 Å². The summed E-state index contributed by atoms with van der Waals surface area (Å²) in [6, 6.07) is 0. The zero-order chi connectivity index (χ0) is 50.3. The van der Waals surface area contributed by atoms with E-state index < -0.39 is 23.3 Å². The molecule has 67 heavy (non-hydrogen) atoms. The number of hydrogen-bond acceptors (Lipinski definition) is 22. The monoisotopic (exact) mass is 1160 g/mol. The van der Waals surface area contributed by atoms with Gasteiger partial charge in [-0.1, -0.05) is 73.3 Å². The first-order valence-electron chi connectivity index (χ1n) is 21.3. The van der Waals surface area contributed by atoms with E-state index in [1.165, 1.54) is 23.5 Å². The minimum absolute atomic E-state index is 0.00715. The Kier molecular flexibility index (Phi) is 43.4. The molecule has 27 heteroatoms. The fourth-order valence-electron chi connectivity index (χ4n) is 5.62. The molecular formula is C40H69N5O10S12. The molecule has 0 rings (SSSR count).